The van der Waals surface area contributed by atoms with Gasteiger partial charge in [-0.05, 0) is 36.6 Å². The van der Waals surface area contributed by atoms with E-state index in [9.17, 15) is 14.4 Å². The van der Waals surface area contributed by atoms with Gasteiger partial charge in [0.1, 0.15) is 18.1 Å². The lowest BCUT2D eigenvalue weighted by Crippen LogP contribution is -2.43. The second kappa shape index (κ2) is 11.0. The normalized spacial score (nSPS) is 15.7. The van der Waals surface area contributed by atoms with Crippen molar-refractivity contribution in [3.8, 4) is 5.75 Å². The molecular weight excluding hydrogens is 448 g/mol. The third kappa shape index (κ3) is 6.55. The summed E-state index contributed by atoms with van der Waals surface area (Å²) in [5.41, 5.74) is 6.85. The summed E-state index contributed by atoms with van der Waals surface area (Å²) in [6, 6.07) is 6.36. The number of fused-ring (bicyclic) bond motifs is 1. The third-order valence-corrected chi connectivity index (χ3v) is 5.19. The van der Waals surface area contributed by atoms with Gasteiger partial charge in [-0.25, -0.2) is 9.97 Å². The maximum absolute atomic E-state index is 13.2. The van der Waals surface area contributed by atoms with Gasteiger partial charge >= 0.3 is 0 Å². The molecule has 0 spiro atoms. The largest absolute Gasteiger partial charge is 0.491 e. The van der Waals surface area contributed by atoms with Gasteiger partial charge in [0.15, 0.2) is 0 Å². The number of nitrogens with zero attached hydrogens (tertiary/aromatic N) is 3. The van der Waals surface area contributed by atoms with Crippen LogP contribution in [0.25, 0.3) is 0 Å². The smallest absolute Gasteiger partial charge is 0.273 e. The Morgan fingerprint density at radius 1 is 1.18 bits per heavy atom. The van der Waals surface area contributed by atoms with E-state index >= 15 is 0 Å². The molecule has 2 aromatic rings. The molecule has 1 aromatic carbocycles. The van der Waals surface area contributed by atoms with Crippen molar-refractivity contribution in [2.45, 2.75) is 26.2 Å². The molecule has 176 valence electrons. The number of aromatic nitrogens is 2. The Bertz CT molecular complexity index is 1050. The summed E-state index contributed by atoms with van der Waals surface area (Å²) in [5, 5.41) is 5.93. The Labute approximate surface area is 196 Å². The minimum Gasteiger partial charge on any atom is -0.491 e. The van der Waals surface area contributed by atoms with Gasteiger partial charge in [0, 0.05) is 23.8 Å². The quantitative estimate of drug-likeness (QED) is 0.600. The topological polar surface area (TPSA) is 140 Å². The van der Waals surface area contributed by atoms with Gasteiger partial charge in [-0.15, -0.1) is 0 Å². The molecule has 10 nitrogen and oxygen atoms in total. The number of benzene rings is 1. The molecule has 3 amide bonds. The van der Waals surface area contributed by atoms with Gasteiger partial charge in [0.05, 0.1) is 18.7 Å². The Morgan fingerprint density at radius 3 is 2.73 bits per heavy atom. The first-order valence-electron chi connectivity index (χ1n) is 10.7. The van der Waals surface area contributed by atoms with Crippen molar-refractivity contribution in [2.24, 2.45) is 0 Å². The first kappa shape index (κ1) is 24.2. The predicted octanol–water partition coefficient (Wildman–Crippen LogP) is 1.61. The lowest BCUT2D eigenvalue weighted by molar-refractivity contribution is -0.121. The summed E-state index contributed by atoms with van der Waals surface area (Å²) in [7, 11) is 0. The highest BCUT2D eigenvalue weighted by atomic mass is 35.5. The number of amides is 3. The molecule has 0 saturated heterocycles. The van der Waals surface area contributed by atoms with Crippen molar-refractivity contribution in [1.29, 1.82) is 0 Å². The molecule has 3 rings (SSSR count). The van der Waals surface area contributed by atoms with Crippen LogP contribution in [-0.4, -0.2) is 65.4 Å². The number of carbonyl (C=O) groups is 3. The molecule has 0 saturated carbocycles. The highest BCUT2D eigenvalue weighted by molar-refractivity contribution is 6.31. The number of nitrogens with two attached hydrogens (primary N) is 1. The fourth-order valence-corrected chi connectivity index (χ4v) is 3.43. The van der Waals surface area contributed by atoms with Crippen LogP contribution in [0.1, 0.15) is 52.7 Å². The summed E-state index contributed by atoms with van der Waals surface area (Å²) in [4.78, 5) is 47.9. The predicted molar refractivity (Wildman–Crippen MR) is 123 cm³/mol. The number of halogens is 1. The molecule has 0 fully saturated rings. The molecule has 2 heterocycles. The van der Waals surface area contributed by atoms with Crippen molar-refractivity contribution < 1.29 is 19.1 Å². The average Bonchev–Trinajstić information content (AvgIpc) is 2.77. The minimum absolute atomic E-state index is 0.00201. The van der Waals surface area contributed by atoms with Gasteiger partial charge in [-0.3, -0.25) is 14.4 Å². The van der Waals surface area contributed by atoms with Crippen LogP contribution in [0.5, 0.6) is 5.75 Å². The zero-order valence-electron chi connectivity index (χ0n) is 18.6. The molecule has 4 N–H and O–H groups in total. The van der Waals surface area contributed by atoms with Crippen LogP contribution >= 0.6 is 11.6 Å². The van der Waals surface area contributed by atoms with Gasteiger partial charge < -0.3 is 26.0 Å². The van der Waals surface area contributed by atoms with Crippen molar-refractivity contribution in [1.82, 2.24) is 25.5 Å². The molecule has 0 radical (unpaired) electrons. The van der Waals surface area contributed by atoms with Crippen LogP contribution in [0.4, 0.5) is 5.95 Å². The lowest BCUT2D eigenvalue weighted by atomic mass is 10.1. The molecule has 1 aliphatic heterocycles. The first-order chi connectivity index (χ1) is 15.7. The minimum atomic E-state index is -0.437. The van der Waals surface area contributed by atoms with Gasteiger partial charge in [0.25, 0.3) is 11.8 Å². The van der Waals surface area contributed by atoms with E-state index in [1.807, 2.05) is 13.8 Å². The maximum atomic E-state index is 13.2. The van der Waals surface area contributed by atoms with Crippen LogP contribution in [0, 0.1) is 0 Å². The number of hydrogen-bond acceptors (Lipinski definition) is 7. The Morgan fingerprint density at radius 2 is 1.97 bits per heavy atom. The van der Waals surface area contributed by atoms with Gasteiger partial charge in [-0.2, -0.15) is 0 Å². The molecule has 0 atom stereocenters. The molecule has 1 aliphatic rings. The number of ether oxygens (including phenoxy) is 1. The monoisotopic (exact) mass is 474 g/mol. The maximum Gasteiger partial charge on any atom is 0.273 e. The Hall–Kier alpha value is -3.40. The molecule has 33 heavy (non-hydrogen) atoms. The molecule has 11 heteroatoms. The first-order valence-corrected chi connectivity index (χ1v) is 11.0. The van der Waals surface area contributed by atoms with Crippen molar-refractivity contribution in [3.05, 3.63) is 46.2 Å². The van der Waals surface area contributed by atoms with Crippen LogP contribution in [0.15, 0.2) is 24.3 Å². The Balaban J connectivity index is 1.78. The second-order valence-corrected chi connectivity index (χ2v) is 8.30. The number of carbonyl (C=O) groups excluding carboxylic acids is 3. The SMILES string of the molecule is CC(C)c1cc(C(=O)N2CCCNC(=O)c3cc(Cl)ccc3OCCNC(=O)C2)nc(N)n1. The standard InChI is InChI=1S/C22H27ClN6O4/c1-13(2)16-11-17(28-22(24)27-16)21(32)29-8-3-6-26-20(31)15-10-14(23)4-5-18(15)33-9-7-25-19(30)12-29/h4-5,10-11,13H,3,6-9,12H2,1-2H3,(H,25,30)(H,26,31)(H2,24,27,28). The zero-order chi connectivity index (χ0) is 24.0. The van der Waals surface area contributed by atoms with E-state index in [0.29, 0.717) is 28.5 Å². The fraction of sp³-hybridized carbons (Fsp3) is 0.409. The summed E-state index contributed by atoms with van der Waals surface area (Å²) in [5.74, 6) is -0.684. The van der Waals surface area contributed by atoms with Crippen LogP contribution in [0.3, 0.4) is 0 Å². The molecular formula is C22H27ClN6O4. The van der Waals surface area contributed by atoms with Crippen LogP contribution < -0.4 is 21.1 Å². The summed E-state index contributed by atoms with van der Waals surface area (Å²) in [6.45, 7) is 4.54. The number of nitrogens with one attached hydrogen (secondary N) is 2. The second-order valence-electron chi connectivity index (χ2n) is 7.87. The number of rotatable bonds is 2. The third-order valence-electron chi connectivity index (χ3n) is 4.95. The summed E-state index contributed by atoms with van der Waals surface area (Å²) >= 11 is 6.03. The molecule has 0 bridgehead atoms. The lowest BCUT2D eigenvalue weighted by Gasteiger charge is -2.23. The van der Waals surface area contributed by atoms with Crippen molar-refractivity contribution >= 4 is 35.3 Å². The van der Waals surface area contributed by atoms with E-state index in [4.69, 9.17) is 22.1 Å². The van der Waals surface area contributed by atoms with Gasteiger partial charge in [0.2, 0.25) is 11.9 Å². The highest BCUT2D eigenvalue weighted by Crippen LogP contribution is 2.23. The van der Waals surface area contributed by atoms with Crippen molar-refractivity contribution in [2.75, 3.05) is 38.5 Å². The fourth-order valence-electron chi connectivity index (χ4n) is 3.26. The number of nitrogen functional groups attached to an aromatic ring is 1. The highest BCUT2D eigenvalue weighted by Gasteiger charge is 2.22. The zero-order valence-corrected chi connectivity index (χ0v) is 19.3. The number of hydrogen-bond donors (Lipinski definition) is 3. The molecule has 0 unspecified atom stereocenters. The van der Waals surface area contributed by atoms with E-state index in [0.717, 1.165) is 0 Å². The van der Waals surface area contributed by atoms with E-state index in [1.165, 1.54) is 11.0 Å². The van der Waals surface area contributed by atoms with Crippen molar-refractivity contribution in [3.63, 3.8) is 0 Å². The van der Waals surface area contributed by atoms with Crippen LogP contribution in [-0.2, 0) is 4.79 Å². The summed E-state index contributed by atoms with van der Waals surface area (Å²) in [6.07, 6.45) is 0.416. The van der Waals surface area contributed by atoms with E-state index in [2.05, 4.69) is 20.6 Å². The van der Waals surface area contributed by atoms with Gasteiger partial charge in [-0.1, -0.05) is 25.4 Å². The summed E-state index contributed by atoms with van der Waals surface area (Å²) < 4.78 is 5.65. The van der Waals surface area contributed by atoms with E-state index < -0.39 is 5.91 Å². The number of anilines is 1. The van der Waals surface area contributed by atoms with Crippen LogP contribution in [0.2, 0.25) is 5.02 Å². The average molecular weight is 475 g/mol. The van der Waals surface area contributed by atoms with E-state index in [1.54, 1.807) is 18.2 Å². The molecule has 1 aromatic heterocycles. The van der Waals surface area contributed by atoms with E-state index in [-0.39, 0.29) is 62.2 Å². The Kier molecular flexibility index (Phi) is 8.05. The molecule has 0 aliphatic carbocycles.